The van der Waals surface area contributed by atoms with Gasteiger partial charge >= 0.3 is 0 Å². The van der Waals surface area contributed by atoms with Gasteiger partial charge < -0.3 is 9.67 Å². The molecule has 2 aromatic rings. The fourth-order valence-electron chi connectivity index (χ4n) is 2.07. The number of nitrogens with zero attached hydrogens (tertiary/aromatic N) is 1. The summed E-state index contributed by atoms with van der Waals surface area (Å²) in [4.78, 5) is 11.1. The number of fused-ring (bicyclic) bond motifs is 1. The average molecular weight is 217 g/mol. The molecular formula is C13H15NO2. The summed E-state index contributed by atoms with van der Waals surface area (Å²) in [6, 6.07) is 7.05. The lowest BCUT2D eigenvalue weighted by Gasteiger charge is -2.24. The van der Waals surface area contributed by atoms with Gasteiger partial charge in [-0.15, -0.1) is 0 Å². The fraction of sp³-hybridized carbons (Fsp3) is 0.308. The lowest BCUT2D eigenvalue weighted by Crippen LogP contribution is -2.23. The molecule has 0 saturated heterocycles. The highest BCUT2D eigenvalue weighted by Crippen LogP contribution is 2.31. The molecule has 0 spiro atoms. The van der Waals surface area contributed by atoms with Gasteiger partial charge in [-0.25, -0.2) is 0 Å². The maximum atomic E-state index is 11.1. The van der Waals surface area contributed by atoms with Crippen molar-refractivity contribution >= 4 is 17.2 Å². The number of hydrogen-bond acceptors (Lipinski definition) is 2. The van der Waals surface area contributed by atoms with E-state index in [0.717, 1.165) is 17.2 Å². The highest BCUT2D eigenvalue weighted by atomic mass is 16.3. The van der Waals surface area contributed by atoms with Gasteiger partial charge in [0.05, 0.1) is 11.2 Å². The molecule has 3 heteroatoms. The van der Waals surface area contributed by atoms with Gasteiger partial charge in [-0.3, -0.25) is 4.79 Å². The van der Waals surface area contributed by atoms with Crippen LogP contribution in [0.2, 0.25) is 0 Å². The summed E-state index contributed by atoms with van der Waals surface area (Å²) in [5.74, 6) is 0.212. The van der Waals surface area contributed by atoms with Crippen molar-refractivity contribution in [2.45, 2.75) is 26.3 Å². The monoisotopic (exact) mass is 217 g/mol. The van der Waals surface area contributed by atoms with Gasteiger partial charge in [0, 0.05) is 10.9 Å². The Balaban J connectivity index is 2.90. The van der Waals surface area contributed by atoms with Gasteiger partial charge in [0.1, 0.15) is 5.75 Å². The zero-order chi connectivity index (χ0) is 11.9. The second kappa shape index (κ2) is 3.37. The predicted octanol–water partition coefficient (Wildman–Crippen LogP) is 2.91. The van der Waals surface area contributed by atoms with E-state index in [4.69, 9.17) is 0 Å². The molecule has 0 unspecified atom stereocenters. The van der Waals surface area contributed by atoms with Crippen LogP contribution in [0.15, 0.2) is 24.3 Å². The normalized spacial score (nSPS) is 11.9. The molecule has 0 aliphatic rings. The summed E-state index contributed by atoms with van der Waals surface area (Å²) >= 11 is 0. The number of carbonyl (C=O) groups excluding carboxylic acids is 1. The van der Waals surface area contributed by atoms with E-state index >= 15 is 0 Å². The van der Waals surface area contributed by atoms with Crippen LogP contribution in [0.3, 0.4) is 0 Å². The van der Waals surface area contributed by atoms with Crippen LogP contribution in [0.5, 0.6) is 5.75 Å². The van der Waals surface area contributed by atoms with E-state index in [1.165, 1.54) is 0 Å². The molecule has 1 aromatic heterocycles. The minimum Gasteiger partial charge on any atom is -0.507 e. The van der Waals surface area contributed by atoms with E-state index in [2.05, 4.69) is 0 Å². The Kier molecular flexibility index (Phi) is 2.26. The number of hydrogen-bond donors (Lipinski definition) is 1. The molecule has 0 radical (unpaired) electrons. The van der Waals surface area contributed by atoms with Crippen LogP contribution < -0.4 is 0 Å². The first-order chi connectivity index (χ1) is 7.45. The van der Waals surface area contributed by atoms with Gasteiger partial charge in [0.25, 0.3) is 0 Å². The summed E-state index contributed by atoms with van der Waals surface area (Å²) < 4.78 is 1.94. The predicted molar refractivity (Wildman–Crippen MR) is 64.0 cm³/mol. The Labute approximate surface area is 94.3 Å². The van der Waals surface area contributed by atoms with Crippen LogP contribution in [0.1, 0.15) is 31.3 Å². The van der Waals surface area contributed by atoms with Gasteiger partial charge in [0.2, 0.25) is 0 Å². The van der Waals surface area contributed by atoms with Crippen LogP contribution in [0.4, 0.5) is 0 Å². The number of benzene rings is 1. The lowest BCUT2D eigenvalue weighted by atomic mass is 10.1. The smallest absolute Gasteiger partial charge is 0.166 e. The molecule has 2 rings (SSSR count). The van der Waals surface area contributed by atoms with Gasteiger partial charge in [-0.2, -0.15) is 0 Å². The molecule has 1 heterocycles. The van der Waals surface area contributed by atoms with Crippen molar-refractivity contribution < 1.29 is 9.90 Å². The summed E-state index contributed by atoms with van der Waals surface area (Å²) in [5, 5.41) is 10.5. The van der Waals surface area contributed by atoms with Gasteiger partial charge in [0.15, 0.2) is 6.29 Å². The molecule has 0 bridgehead atoms. The summed E-state index contributed by atoms with van der Waals surface area (Å²) in [6.07, 6.45) is 0.824. The third-order valence-corrected chi connectivity index (χ3v) is 2.64. The Morgan fingerprint density at radius 2 is 2.00 bits per heavy atom. The van der Waals surface area contributed by atoms with Crippen molar-refractivity contribution in [3.05, 3.63) is 30.0 Å². The fourth-order valence-corrected chi connectivity index (χ4v) is 2.07. The molecule has 84 valence electrons. The van der Waals surface area contributed by atoms with Crippen LogP contribution in [-0.2, 0) is 5.54 Å². The summed E-state index contributed by atoms with van der Waals surface area (Å²) in [6.45, 7) is 6.09. The molecule has 0 fully saturated rings. The Morgan fingerprint density at radius 3 is 2.56 bits per heavy atom. The standard InChI is InChI=1S/C13H15NO2/c1-13(2,3)14-9(8-15)7-10-11(14)5-4-6-12(10)16/h4-8,16H,1-3H3. The van der Waals surface area contributed by atoms with Crippen molar-refractivity contribution in [1.29, 1.82) is 0 Å². The first kappa shape index (κ1) is 10.7. The molecule has 3 nitrogen and oxygen atoms in total. The van der Waals surface area contributed by atoms with Crippen molar-refractivity contribution in [3.63, 3.8) is 0 Å². The summed E-state index contributed by atoms with van der Waals surface area (Å²) in [5.41, 5.74) is 1.28. The maximum Gasteiger partial charge on any atom is 0.166 e. The lowest BCUT2D eigenvalue weighted by molar-refractivity contribution is 0.111. The Bertz CT molecular complexity index is 547. The van der Waals surface area contributed by atoms with Crippen molar-refractivity contribution in [3.8, 4) is 5.75 Å². The highest BCUT2D eigenvalue weighted by molar-refractivity contribution is 5.93. The molecular weight excluding hydrogens is 202 g/mol. The maximum absolute atomic E-state index is 11.1. The van der Waals surface area contributed by atoms with Crippen LogP contribution in [0, 0.1) is 0 Å². The van der Waals surface area contributed by atoms with Crippen LogP contribution >= 0.6 is 0 Å². The number of rotatable bonds is 1. The van der Waals surface area contributed by atoms with Crippen molar-refractivity contribution in [2.75, 3.05) is 0 Å². The second-order valence-corrected chi connectivity index (χ2v) is 4.90. The number of aromatic nitrogens is 1. The van der Waals surface area contributed by atoms with Crippen LogP contribution in [0.25, 0.3) is 10.9 Å². The molecule has 0 amide bonds. The second-order valence-electron chi connectivity index (χ2n) is 4.90. The molecule has 16 heavy (non-hydrogen) atoms. The summed E-state index contributed by atoms with van der Waals surface area (Å²) in [7, 11) is 0. The minimum absolute atomic E-state index is 0.189. The molecule has 0 aliphatic heterocycles. The number of aromatic hydroxyl groups is 1. The number of phenols is 1. The van der Waals surface area contributed by atoms with E-state index in [9.17, 15) is 9.90 Å². The van der Waals surface area contributed by atoms with E-state index in [-0.39, 0.29) is 11.3 Å². The molecule has 1 aromatic carbocycles. The van der Waals surface area contributed by atoms with E-state index in [1.54, 1.807) is 18.2 Å². The van der Waals surface area contributed by atoms with Crippen LogP contribution in [-0.4, -0.2) is 16.0 Å². The zero-order valence-corrected chi connectivity index (χ0v) is 9.69. The zero-order valence-electron chi connectivity index (χ0n) is 9.69. The molecule has 1 N–H and O–H groups in total. The molecule has 0 atom stereocenters. The Hall–Kier alpha value is -1.77. The number of carbonyl (C=O) groups is 1. The van der Waals surface area contributed by atoms with Gasteiger partial charge in [-0.05, 0) is 39.0 Å². The number of aldehydes is 1. The highest BCUT2D eigenvalue weighted by Gasteiger charge is 2.20. The van der Waals surface area contributed by atoms with E-state index in [1.807, 2.05) is 31.4 Å². The average Bonchev–Trinajstić information content (AvgIpc) is 2.57. The first-order valence-corrected chi connectivity index (χ1v) is 5.24. The minimum atomic E-state index is -0.189. The molecule has 0 aliphatic carbocycles. The third kappa shape index (κ3) is 1.48. The Morgan fingerprint density at radius 1 is 1.31 bits per heavy atom. The molecule has 0 saturated carbocycles. The number of phenolic OH excluding ortho intramolecular Hbond substituents is 1. The topological polar surface area (TPSA) is 42.2 Å². The van der Waals surface area contributed by atoms with E-state index in [0.29, 0.717) is 5.69 Å². The first-order valence-electron chi connectivity index (χ1n) is 5.24. The third-order valence-electron chi connectivity index (χ3n) is 2.64. The van der Waals surface area contributed by atoms with Crippen molar-refractivity contribution in [2.24, 2.45) is 0 Å². The quantitative estimate of drug-likeness (QED) is 0.746. The van der Waals surface area contributed by atoms with Gasteiger partial charge in [-0.1, -0.05) is 6.07 Å². The largest absolute Gasteiger partial charge is 0.507 e. The van der Waals surface area contributed by atoms with Crippen molar-refractivity contribution in [1.82, 2.24) is 4.57 Å². The van der Waals surface area contributed by atoms with E-state index < -0.39 is 0 Å². The SMILES string of the molecule is CC(C)(C)n1c(C=O)cc2c(O)cccc21.